The quantitative estimate of drug-likeness (QED) is 0.661. The Balaban J connectivity index is 1.49. The molecule has 7 nitrogen and oxygen atoms in total. The molecule has 138 valence electrons. The number of para-hydroxylation sites is 1. The first-order valence-corrected chi connectivity index (χ1v) is 8.89. The number of aryl methyl sites for hydroxylation is 1. The number of carbonyl (C=O) groups is 3. The summed E-state index contributed by atoms with van der Waals surface area (Å²) < 4.78 is 4.73. The molecule has 1 aromatic heterocycles. The maximum atomic E-state index is 12.5. The van der Waals surface area contributed by atoms with Crippen molar-refractivity contribution in [3.05, 3.63) is 36.0 Å². The van der Waals surface area contributed by atoms with Crippen molar-refractivity contribution in [2.24, 2.45) is 0 Å². The molecule has 3 rings (SSSR count). The smallest absolute Gasteiger partial charge is 0.397 e. The standard InChI is InChI=1S/C19H23N3O4/c1-2-26-19(25)18(24)22-11-9-21(10-12-22)17(23)8-7-14-13-20-16-6-4-3-5-15(14)16/h3-6,13,20H,2,7-12H2,1H3. The number of piperazine rings is 1. The van der Waals surface area contributed by atoms with Gasteiger partial charge in [-0.25, -0.2) is 4.79 Å². The largest absolute Gasteiger partial charge is 0.459 e. The van der Waals surface area contributed by atoms with Crippen LogP contribution in [0.15, 0.2) is 30.5 Å². The molecular formula is C19H23N3O4. The van der Waals surface area contributed by atoms with Crippen LogP contribution in [0.2, 0.25) is 0 Å². The average Bonchev–Trinajstić information content (AvgIpc) is 3.09. The summed E-state index contributed by atoms with van der Waals surface area (Å²) in [6, 6.07) is 8.03. The van der Waals surface area contributed by atoms with Crippen molar-refractivity contribution in [3.8, 4) is 0 Å². The molecule has 1 fully saturated rings. The summed E-state index contributed by atoms with van der Waals surface area (Å²) in [5, 5.41) is 1.14. The van der Waals surface area contributed by atoms with Gasteiger partial charge in [-0.2, -0.15) is 0 Å². The summed E-state index contributed by atoms with van der Waals surface area (Å²) in [5.74, 6) is -1.39. The van der Waals surface area contributed by atoms with Crippen molar-refractivity contribution >= 4 is 28.7 Å². The number of nitrogens with zero attached hydrogens (tertiary/aromatic N) is 2. The van der Waals surface area contributed by atoms with Crippen LogP contribution < -0.4 is 0 Å². The van der Waals surface area contributed by atoms with Gasteiger partial charge in [0, 0.05) is 49.7 Å². The highest BCUT2D eigenvalue weighted by atomic mass is 16.5. The molecule has 1 aliphatic rings. The SMILES string of the molecule is CCOC(=O)C(=O)N1CCN(C(=O)CCc2c[nH]c3ccccc23)CC1. The molecule has 26 heavy (non-hydrogen) atoms. The van der Waals surface area contributed by atoms with Crippen molar-refractivity contribution in [1.29, 1.82) is 0 Å². The lowest BCUT2D eigenvalue weighted by Crippen LogP contribution is -2.52. The minimum atomic E-state index is -0.827. The van der Waals surface area contributed by atoms with Crippen LogP contribution in [-0.2, 0) is 25.5 Å². The normalized spacial score (nSPS) is 14.5. The zero-order chi connectivity index (χ0) is 18.5. The van der Waals surface area contributed by atoms with Gasteiger partial charge >= 0.3 is 11.9 Å². The highest BCUT2D eigenvalue weighted by molar-refractivity contribution is 6.32. The van der Waals surface area contributed by atoms with E-state index in [4.69, 9.17) is 4.74 Å². The molecule has 2 amide bonds. The average molecular weight is 357 g/mol. The number of benzene rings is 1. The molecule has 2 aromatic rings. The predicted molar refractivity (Wildman–Crippen MR) is 96.4 cm³/mol. The number of H-pyrrole nitrogens is 1. The summed E-state index contributed by atoms with van der Waals surface area (Å²) in [5.41, 5.74) is 2.20. The Kier molecular flexibility index (Phi) is 5.55. The fraction of sp³-hybridized carbons (Fsp3) is 0.421. The highest BCUT2D eigenvalue weighted by Gasteiger charge is 2.28. The molecule has 2 heterocycles. The third-order valence-electron chi connectivity index (χ3n) is 4.65. The van der Waals surface area contributed by atoms with Gasteiger partial charge in [-0.3, -0.25) is 9.59 Å². The Bertz CT molecular complexity index is 806. The second-order valence-electron chi connectivity index (χ2n) is 6.25. The van der Waals surface area contributed by atoms with Gasteiger partial charge in [-0.15, -0.1) is 0 Å². The van der Waals surface area contributed by atoms with Crippen LogP contribution in [-0.4, -0.2) is 65.4 Å². The number of carbonyl (C=O) groups excluding carboxylic acids is 3. The molecule has 1 saturated heterocycles. The van der Waals surface area contributed by atoms with E-state index < -0.39 is 11.9 Å². The number of fused-ring (bicyclic) bond motifs is 1. The Labute approximate surface area is 151 Å². The van der Waals surface area contributed by atoms with E-state index in [1.165, 1.54) is 4.90 Å². The van der Waals surface area contributed by atoms with Gasteiger partial charge in [-0.05, 0) is 25.0 Å². The zero-order valence-electron chi connectivity index (χ0n) is 14.9. The lowest BCUT2D eigenvalue weighted by Gasteiger charge is -2.34. The number of amides is 2. The molecule has 0 unspecified atom stereocenters. The van der Waals surface area contributed by atoms with Crippen molar-refractivity contribution in [2.45, 2.75) is 19.8 Å². The second-order valence-corrected chi connectivity index (χ2v) is 6.25. The number of ether oxygens (including phenoxy) is 1. The Morgan fingerprint density at radius 2 is 1.77 bits per heavy atom. The lowest BCUT2D eigenvalue weighted by atomic mass is 10.1. The topological polar surface area (TPSA) is 82.7 Å². The van der Waals surface area contributed by atoms with Gasteiger partial charge in [0.1, 0.15) is 0 Å². The summed E-state index contributed by atoms with van der Waals surface area (Å²) in [6.45, 7) is 3.44. The summed E-state index contributed by atoms with van der Waals surface area (Å²) in [7, 11) is 0. The van der Waals surface area contributed by atoms with Gasteiger partial charge in [0.05, 0.1) is 6.61 Å². The van der Waals surface area contributed by atoms with Crippen LogP contribution in [0.1, 0.15) is 18.9 Å². The van der Waals surface area contributed by atoms with Crippen molar-refractivity contribution in [1.82, 2.24) is 14.8 Å². The first kappa shape index (κ1) is 18.0. The third-order valence-corrected chi connectivity index (χ3v) is 4.65. The molecular weight excluding hydrogens is 334 g/mol. The molecule has 0 aliphatic carbocycles. The second kappa shape index (κ2) is 8.03. The molecule has 0 saturated carbocycles. The summed E-state index contributed by atoms with van der Waals surface area (Å²) in [6.07, 6.45) is 3.05. The van der Waals surface area contributed by atoms with Crippen molar-refractivity contribution in [3.63, 3.8) is 0 Å². The highest BCUT2D eigenvalue weighted by Crippen LogP contribution is 2.19. The first-order chi connectivity index (χ1) is 12.6. The van der Waals surface area contributed by atoms with Gasteiger partial charge in [0.15, 0.2) is 0 Å². The number of aromatic amines is 1. The number of rotatable bonds is 4. The molecule has 1 aliphatic heterocycles. The van der Waals surface area contributed by atoms with E-state index in [-0.39, 0.29) is 12.5 Å². The van der Waals surface area contributed by atoms with Crippen LogP contribution in [0.3, 0.4) is 0 Å². The Morgan fingerprint density at radius 1 is 1.08 bits per heavy atom. The maximum Gasteiger partial charge on any atom is 0.397 e. The van der Waals surface area contributed by atoms with Gasteiger partial charge in [0.25, 0.3) is 0 Å². The zero-order valence-corrected chi connectivity index (χ0v) is 14.9. The van der Waals surface area contributed by atoms with Crippen LogP contribution in [0.25, 0.3) is 10.9 Å². The molecule has 7 heteroatoms. The van der Waals surface area contributed by atoms with Crippen molar-refractivity contribution < 1.29 is 19.1 Å². The fourth-order valence-electron chi connectivity index (χ4n) is 3.22. The summed E-state index contributed by atoms with van der Waals surface area (Å²) in [4.78, 5) is 42.3. The van der Waals surface area contributed by atoms with Gasteiger partial charge in [0.2, 0.25) is 5.91 Å². The third kappa shape index (κ3) is 3.87. The van der Waals surface area contributed by atoms with E-state index >= 15 is 0 Å². The predicted octanol–water partition coefficient (Wildman–Crippen LogP) is 1.33. The van der Waals surface area contributed by atoms with Crippen LogP contribution in [0, 0.1) is 0 Å². The molecule has 0 radical (unpaired) electrons. The number of hydrogen-bond donors (Lipinski definition) is 1. The molecule has 0 bridgehead atoms. The molecule has 1 N–H and O–H groups in total. The number of esters is 1. The van der Waals surface area contributed by atoms with Crippen LogP contribution in [0.5, 0.6) is 0 Å². The fourth-order valence-corrected chi connectivity index (χ4v) is 3.22. The Hall–Kier alpha value is -2.83. The van der Waals surface area contributed by atoms with E-state index in [0.29, 0.717) is 39.0 Å². The monoisotopic (exact) mass is 357 g/mol. The lowest BCUT2D eigenvalue weighted by molar-refractivity contribution is -0.161. The van der Waals surface area contributed by atoms with Gasteiger partial charge < -0.3 is 19.5 Å². The number of aromatic nitrogens is 1. The van der Waals surface area contributed by atoms with Crippen LogP contribution >= 0.6 is 0 Å². The van der Waals surface area contributed by atoms with Gasteiger partial charge in [-0.1, -0.05) is 18.2 Å². The summed E-state index contributed by atoms with van der Waals surface area (Å²) >= 11 is 0. The number of hydrogen-bond acceptors (Lipinski definition) is 4. The minimum Gasteiger partial charge on any atom is -0.459 e. The van der Waals surface area contributed by atoms with E-state index in [2.05, 4.69) is 4.98 Å². The van der Waals surface area contributed by atoms with E-state index in [0.717, 1.165) is 16.5 Å². The first-order valence-electron chi connectivity index (χ1n) is 8.89. The maximum absolute atomic E-state index is 12.5. The molecule has 0 spiro atoms. The Morgan fingerprint density at radius 3 is 2.50 bits per heavy atom. The number of nitrogens with one attached hydrogen (secondary N) is 1. The molecule has 0 atom stereocenters. The minimum absolute atomic E-state index is 0.0681. The van der Waals surface area contributed by atoms with E-state index in [9.17, 15) is 14.4 Å². The van der Waals surface area contributed by atoms with Crippen molar-refractivity contribution in [2.75, 3.05) is 32.8 Å². The van der Waals surface area contributed by atoms with E-state index in [1.54, 1.807) is 11.8 Å². The van der Waals surface area contributed by atoms with Crippen LogP contribution in [0.4, 0.5) is 0 Å². The van der Waals surface area contributed by atoms with E-state index in [1.807, 2.05) is 30.5 Å². The molecule has 1 aromatic carbocycles.